The van der Waals surface area contributed by atoms with Crippen LogP contribution < -0.4 is 5.32 Å². The second-order valence-electron chi connectivity index (χ2n) is 4.29. The van der Waals surface area contributed by atoms with Gasteiger partial charge in [0.25, 0.3) is 5.91 Å². The van der Waals surface area contributed by atoms with Crippen LogP contribution in [-0.2, 0) is 0 Å². The highest BCUT2D eigenvalue weighted by molar-refractivity contribution is 6.34. The predicted molar refractivity (Wildman–Crippen MR) is 80.8 cm³/mol. The lowest BCUT2D eigenvalue weighted by molar-refractivity contribution is 0.102. The molecule has 5 nitrogen and oxygen atoms in total. The molecule has 21 heavy (non-hydrogen) atoms. The summed E-state index contributed by atoms with van der Waals surface area (Å²) in [6.45, 7) is 0. The molecule has 6 heteroatoms. The van der Waals surface area contributed by atoms with E-state index in [4.69, 9.17) is 11.6 Å². The van der Waals surface area contributed by atoms with E-state index in [1.807, 2.05) is 6.07 Å². The zero-order chi connectivity index (χ0) is 14.7. The zero-order valence-electron chi connectivity index (χ0n) is 10.9. The van der Waals surface area contributed by atoms with Gasteiger partial charge in [-0.25, -0.2) is 9.67 Å². The minimum absolute atomic E-state index is 0.269. The normalized spacial score (nSPS) is 10.3. The highest BCUT2D eigenvalue weighted by Crippen LogP contribution is 2.17. The number of benzene rings is 1. The van der Waals surface area contributed by atoms with Crippen LogP contribution in [0, 0.1) is 0 Å². The molecule has 0 saturated carbocycles. The number of aromatic nitrogens is 3. The summed E-state index contributed by atoms with van der Waals surface area (Å²) in [5.41, 5.74) is 1.02. The molecular formula is C15H11ClN4O. The van der Waals surface area contributed by atoms with E-state index in [1.54, 1.807) is 59.7 Å². The Morgan fingerprint density at radius 2 is 2.00 bits per heavy atom. The van der Waals surface area contributed by atoms with Crippen LogP contribution in [0.4, 0.5) is 5.69 Å². The molecule has 0 fully saturated rings. The summed E-state index contributed by atoms with van der Waals surface area (Å²) in [6.07, 6.45) is 5.05. The van der Waals surface area contributed by atoms with Gasteiger partial charge >= 0.3 is 0 Å². The van der Waals surface area contributed by atoms with Crippen LogP contribution in [0.25, 0.3) is 5.82 Å². The second kappa shape index (κ2) is 5.76. The molecule has 1 aromatic carbocycles. The van der Waals surface area contributed by atoms with E-state index in [2.05, 4.69) is 15.4 Å². The van der Waals surface area contributed by atoms with Gasteiger partial charge in [0.2, 0.25) is 0 Å². The fourth-order valence-electron chi connectivity index (χ4n) is 1.84. The van der Waals surface area contributed by atoms with Crippen molar-refractivity contribution in [2.45, 2.75) is 0 Å². The van der Waals surface area contributed by atoms with Gasteiger partial charge in [0, 0.05) is 12.4 Å². The third kappa shape index (κ3) is 2.93. The number of amides is 1. The molecule has 0 atom stereocenters. The van der Waals surface area contributed by atoms with Gasteiger partial charge < -0.3 is 5.32 Å². The Bertz CT molecular complexity index is 754. The summed E-state index contributed by atoms with van der Waals surface area (Å²) in [7, 11) is 0. The average molecular weight is 299 g/mol. The Morgan fingerprint density at radius 1 is 1.14 bits per heavy atom. The first-order valence-electron chi connectivity index (χ1n) is 6.26. The van der Waals surface area contributed by atoms with Crippen LogP contribution in [-0.4, -0.2) is 20.7 Å². The van der Waals surface area contributed by atoms with Crippen LogP contribution in [0.5, 0.6) is 0 Å². The SMILES string of the molecule is O=C(Nc1ccc(-n2cccn2)nc1)c1ccccc1Cl. The molecule has 1 N–H and O–H groups in total. The van der Waals surface area contributed by atoms with Crippen molar-refractivity contribution >= 4 is 23.2 Å². The molecule has 0 saturated heterocycles. The van der Waals surface area contributed by atoms with E-state index in [-0.39, 0.29) is 5.91 Å². The maximum atomic E-state index is 12.1. The Morgan fingerprint density at radius 3 is 2.67 bits per heavy atom. The number of halogens is 1. The minimum atomic E-state index is -0.269. The maximum absolute atomic E-state index is 12.1. The topological polar surface area (TPSA) is 59.8 Å². The van der Waals surface area contributed by atoms with Gasteiger partial charge in [0.1, 0.15) is 0 Å². The molecule has 2 aromatic heterocycles. The second-order valence-corrected chi connectivity index (χ2v) is 4.70. The van der Waals surface area contributed by atoms with Crippen molar-refractivity contribution < 1.29 is 4.79 Å². The highest BCUT2D eigenvalue weighted by atomic mass is 35.5. The smallest absolute Gasteiger partial charge is 0.257 e. The first kappa shape index (κ1) is 13.3. The molecule has 0 aliphatic heterocycles. The van der Waals surface area contributed by atoms with Crippen LogP contribution in [0.15, 0.2) is 61.1 Å². The van der Waals surface area contributed by atoms with Crippen LogP contribution in [0.1, 0.15) is 10.4 Å². The summed E-state index contributed by atoms with van der Waals surface area (Å²) in [5.74, 6) is 0.407. The third-order valence-electron chi connectivity index (χ3n) is 2.86. The lowest BCUT2D eigenvalue weighted by Gasteiger charge is -2.07. The highest BCUT2D eigenvalue weighted by Gasteiger charge is 2.10. The Labute approximate surface area is 126 Å². The Hall–Kier alpha value is -2.66. The van der Waals surface area contributed by atoms with Gasteiger partial charge in [-0.1, -0.05) is 23.7 Å². The van der Waals surface area contributed by atoms with E-state index in [0.717, 1.165) is 0 Å². The van der Waals surface area contributed by atoms with Crippen molar-refractivity contribution in [1.29, 1.82) is 0 Å². The molecule has 0 radical (unpaired) electrons. The molecule has 3 rings (SSSR count). The molecule has 0 aliphatic rings. The van der Waals surface area contributed by atoms with Crippen molar-refractivity contribution in [2.75, 3.05) is 5.32 Å². The standard InChI is InChI=1S/C15H11ClN4O/c16-13-5-2-1-4-12(13)15(21)19-11-6-7-14(17-10-11)20-9-3-8-18-20/h1-10H,(H,19,21). The van der Waals surface area contributed by atoms with Crippen molar-refractivity contribution in [2.24, 2.45) is 0 Å². The number of nitrogens with one attached hydrogen (secondary N) is 1. The van der Waals surface area contributed by atoms with Gasteiger partial charge in [-0.2, -0.15) is 5.10 Å². The largest absolute Gasteiger partial charge is 0.321 e. The van der Waals surface area contributed by atoms with E-state index in [9.17, 15) is 4.79 Å². The van der Waals surface area contributed by atoms with Crippen molar-refractivity contribution in [3.05, 3.63) is 71.6 Å². The summed E-state index contributed by atoms with van der Waals surface area (Å²) in [5, 5.41) is 7.25. The monoisotopic (exact) mass is 298 g/mol. The molecule has 0 unspecified atom stereocenters. The van der Waals surface area contributed by atoms with E-state index >= 15 is 0 Å². The molecule has 0 bridgehead atoms. The first-order valence-corrected chi connectivity index (χ1v) is 6.64. The average Bonchev–Trinajstić information content (AvgIpc) is 3.02. The number of rotatable bonds is 3. The van der Waals surface area contributed by atoms with Crippen LogP contribution in [0.3, 0.4) is 0 Å². The number of carbonyl (C=O) groups is 1. The predicted octanol–water partition coefficient (Wildman–Crippen LogP) is 3.17. The van der Waals surface area contributed by atoms with Crippen LogP contribution >= 0.6 is 11.6 Å². The van der Waals surface area contributed by atoms with Crippen molar-refractivity contribution in [1.82, 2.24) is 14.8 Å². The van der Waals surface area contributed by atoms with E-state index in [0.29, 0.717) is 22.1 Å². The number of hydrogen-bond donors (Lipinski definition) is 1. The minimum Gasteiger partial charge on any atom is -0.321 e. The Balaban J connectivity index is 1.77. The van der Waals surface area contributed by atoms with Gasteiger partial charge in [-0.05, 0) is 30.3 Å². The molecule has 3 aromatic rings. The third-order valence-corrected chi connectivity index (χ3v) is 3.19. The molecule has 0 aliphatic carbocycles. The molecular weight excluding hydrogens is 288 g/mol. The summed E-state index contributed by atoms with van der Waals surface area (Å²) in [6, 6.07) is 12.2. The zero-order valence-corrected chi connectivity index (χ0v) is 11.7. The first-order chi connectivity index (χ1) is 10.2. The molecule has 2 heterocycles. The number of pyridine rings is 1. The van der Waals surface area contributed by atoms with Gasteiger partial charge in [-0.3, -0.25) is 4.79 Å². The molecule has 1 amide bonds. The van der Waals surface area contributed by atoms with E-state index < -0.39 is 0 Å². The van der Waals surface area contributed by atoms with Crippen molar-refractivity contribution in [3.8, 4) is 5.82 Å². The fraction of sp³-hybridized carbons (Fsp3) is 0. The number of anilines is 1. The summed E-state index contributed by atoms with van der Waals surface area (Å²) < 4.78 is 1.64. The van der Waals surface area contributed by atoms with Gasteiger partial charge in [-0.15, -0.1) is 0 Å². The molecule has 104 valence electrons. The number of nitrogens with zero attached hydrogens (tertiary/aromatic N) is 3. The Kier molecular flexibility index (Phi) is 3.66. The summed E-state index contributed by atoms with van der Waals surface area (Å²) in [4.78, 5) is 16.4. The quantitative estimate of drug-likeness (QED) is 0.808. The van der Waals surface area contributed by atoms with Crippen molar-refractivity contribution in [3.63, 3.8) is 0 Å². The fourth-order valence-corrected chi connectivity index (χ4v) is 2.07. The van der Waals surface area contributed by atoms with E-state index in [1.165, 1.54) is 0 Å². The van der Waals surface area contributed by atoms with Gasteiger partial charge in [0.05, 0.1) is 22.5 Å². The molecule has 0 spiro atoms. The lowest BCUT2D eigenvalue weighted by atomic mass is 10.2. The number of hydrogen-bond acceptors (Lipinski definition) is 3. The summed E-state index contributed by atoms with van der Waals surface area (Å²) >= 11 is 5.99. The number of carbonyl (C=O) groups excluding carboxylic acids is 1. The van der Waals surface area contributed by atoms with Crippen LogP contribution in [0.2, 0.25) is 5.02 Å². The lowest BCUT2D eigenvalue weighted by Crippen LogP contribution is -2.12. The van der Waals surface area contributed by atoms with Gasteiger partial charge in [0.15, 0.2) is 5.82 Å². The maximum Gasteiger partial charge on any atom is 0.257 e.